The standard InChI is InChI=1S/C21H24ClNO5/c1-13(2)20(14-5-7-15(22)8-6-14)21(25)28-12-19(24)23-17-10-9-16(26-3)11-18(17)27-4/h5-11,13,20H,12H2,1-4H3,(H,23,24)/t20-/m0/s1. The Hall–Kier alpha value is -2.73. The smallest absolute Gasteiger partial charge is 0.314 e. The molecular weight excluding hydrogens is 382 g/mol. The predicted octanol–water partition coefficient (Wildman–Crippen LogP) is 4.28. The van der Waals surface area contributed by atoms with Gasteiger partial charge in [-0.2, -0.15) is 0 Å². The van der Waals surface area contributed by atoms with Crippen molar-refractivity contribution >= 4 is 29.2 Å². The van der Waals surface area contributed by atoms with Gasteiger partial charge in [0.25, 0.3) is 5.91 Å². The van der Waals surface area contributed by atoms with Crippen molar-refractivity contribution in [3.05, 3.63) is 53.1 Å². The summed E-state index contributed by atoms with van der Waals surface area (Å²) < 4.78 is 15.6. The molecule has 0 aliphatic carbocycles. The van der Waals surface area contributed by atoms with Crippen molar-refractivity contribution in [3.63, 3.8) is 0 Å². The normalized spacial score (nSPS) is 11.6. The van der Waals surface area contributed by atoms with Gasteiger partial charge in [0, 0.05) is 11.1 Å². The third-order valence-corrected chi connectivity index (χ3v) is 4.43. The molecule has 1 amide bonds. The molecule has 0 saturated carbocycles. The average Bonchev–Trinajstić information content (AvgIpc) is 2.68. The quantitative estimate of drug-likeness (QED) is 0.663. The van der Waals surface area contributed by atoms with Gasteiger partial charge >= 0.3 is 5.97 Å². The Kier molecular flexibility index (Phi) is 7.70. The van der Waals surface area contributed by atoms with Crippen LogP contribution in [0, 0.1) is 5.92 Å². The van der Waals surface area contributed by atoms with Gasteiger partial charge in [-0.25, -0.2) is 0 Å². The average molecular weight is 406 g/mol. The van der Waals surface area contributed by atoms with E-state index in [1.807, 2.05) is 13.8 Å². The Labute approximate surface area is 169 Å². The van der Waals surface area contributed by atoms with Gasteiger partial charge in [0.05, 0.1) is 25.8 Å². The molecule has 0 unspecified atom stereocenters. The van der Waals surface area contributed by atoms with E-state index in [4.69, 9.17) is 25.8 Å². The maximum atomic E-state index is 12.6. The number of halogens is 1. The molecule has 0 aliphatic heterocycles. The van der Waals surface area contributed by atoms with E-state index in [1.54, 1.807) is 42.5 Å². The zero-order valence-corrected chi connectivity index (χ0v) is 17.1. The Morgan fingerprint density at radius 3 is 2.29 bits per heavy atom. The summed E-state index contributed by atoms with van der Waals surface area (Å²) in [5.74, 6) is -0.368. The largest absolute Gasteiger partial charge is 0.497 e. The minimum atomic E-state index is -0.486. The summed E-state index contributed by atoms with van der Waals surface area (Å²) in [6.45, 7) is 3.44. The van der Waals surface area contributed by atoms with Crippen LogP contribution in [0.25, 0.3) is 0 Å². The fourth-order valence-corrected chi connectivity index (χ4v) is 2.90. The Balaban J connectivity index is 2.01. The fourth-order valence-electron chi connectivity index (χ4n) is 2.78. The van der Waals surface area contributed by atoms with Crippen LogP contribution in [0.1, 0.15) is 25.3 Å². The number of amides is 1. The number of esters is 1. The lowest BCUT2D eigenvalue weighted by Crippen LogP contribution is -2.26. The van der Waals surface area contributed by atoms with Crippen molar-refractivity contribution in [2.45, 2.75) is 19.8 Å². The van der Waals surface area contributed by atoms with Crippen LogP contribution in [0.2, 0.25) is 5.02 Å². The minimum absolute atomic E-state index is 0.00146. The van der Waals surface area contributed by atoms with Crippen LogP contribution in [0.4, 0.5) is 5.69 Å². The topological polar surface area (TPSA) is 73.9 Å². The maximum Gasteiger partial charge on any atom is 0.314 e. The highest BCUT2D eigenvalue weighted by atomic mass is 35.5. The number of methoxy groups -OCH3 is 2. The molecule has 6 nitrogen and oxygen atoms in total. The molecule has 0 radical (unpaired) electrons. The molecule has 0 spiro atoms. The first-order chi connectivity index (χ1) is 13.3. The first-order valence-electron chi connectivity index (χ1n) is 8.79. The molecule has 0 fully saturated rings. The lowest BCUT2D eigenvalue weighted by atomic mass is 9.88. The lowest BCUT2D eigenvalue weighted by molar-refractivity contribution is -0.149. The van der Waals surface area contributed by atoms with Crippen molar-refractivity contribution in [2.75, 3.05) is 26.1 Å². The van der Waals surface area contributed by atoms with Gasteiger partial charge in [-0.1, -0.05) is 37.6 Å². The first-order valence-corrected chi connectivity index (χ1v) is 9.17. The molecule has 28 heavy (non-hydrogen) atoms. The summed E-state index contributed by atoms with van der Waals surface area (Å²) in [6, 6.07) is 12.0. The van der Waals surface area contributed by atoms with Gasteiger partial charge < -0.3 is 19.5 Å². The van der Waals surface area contributed by atoms with Gasteiger partial charge in [0.2, 0.25) is 0 Å². The van der Waals surface area contributed by atoms with E-state index in [-0.39, 0.29) is 5.92 Å². The van der Waals surface area contributed by atoms with E-state index in [9.17, 15) is 9.59 Å². The summed E-state index contributed by atoms with van der Waals surface area (Å²) >= 11 is 5.91. The molecule has 1 N–H and O–H groups in total. The Bertz CT molecular complexity index is 820. The number of hydrogen-bond donors (Lipinski definition) is 1. The van der Waals surface area contributed by atoms with Gasteiger partial charge in [-0.3, -0.25) is 9.59 Å². The molecule has 2 rings (SSSR count). The van der Waals surface area contributed by atoms with Gasteiger partial charge in [-0.05, 0) is 35.7 Å². The van der Waals surface area contributed by atoms with E-state index in [2.05, 4.69) is 5.32 Å². The van der Waals surface area contributed by atoms with Crippen molar-refractivity contribution in [3.8, 4) is 11.5 Å². The number of nitrogens with one attached hydrogen (secondary N) is 1. The number of carbonyl (C=O) groups excluding carboxylic acids is 2. The molecule has 1 atom stereocenters. The van der Waals surface area contributed by atoms with Crippen LogP contribution >= 0.6 is 11.6 Å². The molecule has 7 heteroatoms. The molecule has 0 aliphatic rings. The summed E-state index contributed by atoms with van der Waals surface area (Å²) in [4.78, 5) is 24.8. The van der Waals surface area contributed by atoms with E-state index in [0.717, 1.165) is 5.56 Å². The first kappa shape index (κ1) is 21.6. The zero-order chi connectivity index (χ0) is 20.7. The SMILES string of the molecule is COc1ccc(NC(=O)COC(=O)[C@H](c2ccc(Cl)cc2)C(C)C)c(OC)c1. The second-order valence-corrected chi connectivity index (χ2v) is 6.93. The summed E-state index contributed by atoms with van der Waals surface area (Å²) in [5.41, 5.74) is 1.25. The number of hydrogen-bond acceptors (Lipinski definition) is 5. The number of rotatable bonds is 8. The highest BCUT2D eigenvalue weighted by molar-refractivity contribution is 6.30. The molecular formula is C21H24ClNO5. The van der Waals surface area contributed by atoms with Crippen molar-refractivity contribution < 1.29 is 23.8 Å². The van der Waals surface area contributed by atoms with Gasteiger partial charge in [0.1, 0.15) is 11.5 Å². The van der Waals surface area contributed by atoms with Crippen molar-refractivity contribution in [2.24, 2.45) is 5.92 Å². The van der Waals surface area contributed by atoms with Gasteiger partial charge in [-0.15, -0.1) is 0 Å². The van der Waals surface area contributed by atoms with Gasteiger partial charge in [0.15, 0.2) is 6.61 Å². The minimum Gasteiger partial charge on any atom is -0.497 e. The van der Waals surface area contributed by atoms with E-state index in [1.165, 1.54) is 14.2 Å². The fraction of sp³-hybridized carbons (Fsp3) is 0.333. The number of ether oxygens (including phenoxy) is 3. The third kappa shape index (κ3) is 5.63. The van der Waals surface area contributed by atoms with E-state index in [0.29, 0.717) is 22.2 Å². The molecule has 2 aromatic rings. The van der Waals surface area contributed by atoms with Crippen LogP contribution in [0.15, 0.2) is 42.5 Å². The Morgan fingerprint density at radius 2 is 1.71 bits per heavy atom. The number of benzene rings is 2. The summed E-state index contributed by atoms with van der Waals surface area (Å²) in [7, 11) is 3.03. The second-order valence-electron chi connectivity index (χ2n) is 6.50. The Morgan fingerprint density at radius 1 is 1.04 bits per heavy atom. The molecule has 0 heterocycles. The highest BCUT2D eigenvalue weighted by Gasteiger charge is 2.26. The highest BCUT2D eigenvalue weighted by Crippen LogP contribution is 2.29. The number of anilines is 1. The van der Waals surface area contributed by atoms with Crippen LogP contribution in [-0.4, -0.2) is 32.7 Å². The molecule has 0 saturated heterocycles. The third-order valence-electron chi connectivity index (χ3n) is 4.18. The van der Waals surface area contributed by atoms with Crippen molar-refractivity contribution in [1.29, 1.82) is 0 Å². The second kappa shape index (κ2) is 9.99. The van der Waals surface area contributed by atoms with Crippen molar-refractivity contribution in [1.82, 2.24) is 0 Å². The predicted molar refractivity (Wildman–Crippen MR) is 108 cm³/mol. The van der Waals surface area contributed by atoms with E-state index >= 15 is 0 Å². The zero-order valence-electron chi connectivity index (χ0n) is 16.3. The molecule has 0 aromatic heterocycles. The molecule has 150 valence electrons. The summed E-state index contributed by atoms with van der Waals surface area (Å²) in [5, 5.41) is 3.26. The monoisotopic (exact) mass is 405 g/mol. The molecule has 2 aromatic carbocycles. The van der Waals surface area contributed by atoms with Crippen LogP contribution < -0.4 is 14.8 Å². The van der Waals surface area contributed by atoms with Crippen LogP contribution in [0.3, 0.4) is 0 Å². The molecule has 0 bridgehead atoms. The van der Waals surface area contributed by atoms with Crippen LogP contribution in [-0.2, 0) is 14.3 Å². The summed E-state index contributed by atoms with van der Waals surface area (Å²) in [6.07, 6.45) is 0. The lowest BCUT2D eigenvalue weighted by Gasteiger charge is -2.20. The van der Waals surface area contributed by atoms with Crippen LogP contribution in [0.5, 0.6) is 11.5 Å². The van der Waals surface area contributed by atoms with E-state index < -0.39 is 24.4 Å². The number of carbonyl (C=O) groups is 2. The maximum absolute atomic E-state index is 12.6.